The topological polar surface area (TPSA) is 37.3 Å². The molecule has 0 saturated carbocycles. The third-order valence-electron chi connectivity index (χ3n) is 2.14. The largest absolute Gasteiger partial charge is 0.481 e. The van der Waals surface area contributed by atoms with Gasteiger partial charge < -0.3 is 5.11 Å². The lowest BCUT2D eigenvalue weighted by molar-refractivity contribution is -0.142. The fourth-order valence-corrected chi connectivity index (χ4v) is 0.918. The number of hydrogen-bond acceptors (Lipinski definition) is 1. The normalized spacial score (nSPS) is 14.2. The first-order valence-electron chi connectivity index (χ1n) is 4.22. The second-order valence-corrected chi connectivity index (χ2v) is 3.07. The van der Waals surface area contributed by atoms with Crippen LogP contribution in [0.25, 0.3) is 0 Å². The molecule has 0 aromatic carbocycles. The van der Waals surface area contributed by atoms with Gasteiger partial charge >= 0.3 is 5.97 Å². The molecule has 0 bridgehead atoms. The minimum absolute atomic E-state index is 0.211. The van der Waals surface area contributed by atoms with Crippen LogP contribution in [0.1, 0.15) is 33.6 Å². The Bertz CT molecular complexity index is 198. The second kappa shape index (κ2) is 5.65. The zero-order valence-corrected chi connectivity index (χ0v) is 7.92. The Morgan fingerprint density at radius 2 is 2.08 bits per heavy atom. The van der Waals surface area contributed by atoms with E-state index in [1.165, 1.54) is 0 Å². The number of aliphatic carboxylic acids is 1. The summed E-state index contributed by atoms with van der Waals surface area (Å²) in [6.45, 7) is 5.49. The number of carboxylic acid groups (broad SMARTS) is 1. The zero-order chi connectivity index (χ0) is 9.56. The molecule has 0 aromatic heterocycles. The average molecular weight is 168 g/mol. The first-order chi connectivity index (χ1) is 5.59. The maximum Gasteiger partial charge on any atom is 0.306 e. The molecule has 0 rings (SSSR count). The molecule has 1 N–H and O–H groups in total. The molecule has 0 aromatic rings. The van der Waals surface area contributed by atoms with Crippen LogP contribution < -0.4 is 0 Å². The summed E-state index contributed by atoms with van der Waals surface area (Å²) < 4.78 is 0. The van der Waals surface area contributed by atoms with Crippen molar-refractivity contribution in [3.8, 4) is 11.8 Å². The van der Waals surface area contributed by atoms with Crippen LogP contribution in [0, 0.1) is 23.7 Å². The van der Waals surface area contributed by atoms with Crippen LogP contribution in [0.5, 0.6) is 0 Å². The van der Waals surface area contributed by atoms with Crippen molar-refractivity contribution in [1.82, 2.24) is 0 Å². The van der Waals surface area contributed by atoms with Gasteiger partial charge in [0, 0.05) is 6.42 Å². The van der Waals surface area contributed by atoms with Crippen molar-refractivity contribution in [2.75, 3.05) is 0 Å². The molecule has 0 saturated heterocycles. The van der Waals surface area contributed by atoms with E-state index in [0.29, 0.717) is 0 Å². The van der Waals surface area contributed by atoms with Crippen LogP contribution in [0.3, 0.4) is 0 Å². The van der Waals surface area contributed by atoms with E-state index in [4.69, 9.17) is 5.11 Å². The highest BCUT2D eigenvalue weighted by atomic mass is 16.4. The van der Waals surface area contributed by atoms with Gasteiger partial charge in [-0.3, -0.25) is 4.79 Å². The summed E-state index contributed by atoms with van der Waals surface area (Å²) >= 11 is 0. The van der Waals surface area contributed by atoms with E-state index >= 15 is 0 Å². The number of carboxylic acids is 1. The quantitative estimate of drug-likeness (QED) is 0.653. The maximum absolute atomic E-state index is 10.5. The number of carbonyl (C=O) groups is 1. The summed E-state index contributed by atoms with van der Waals surface area (Å²) in [6, 6.07) is 0. The van der Waals surface area contributed by atoms with E-state index in [1.54, 1.807) is 13.8 Å². The van der Waals surface area contributed by atoms with E-state index < -0.39 is 5.97 Å². The zero-order valence-electron chi connectivity index (χ0n) is 7.92. The Morgan fingerprint density at radius 1 is 1.50 bits per heavy atom. The molecule has 0 heterocycles. The predicted octanol–water partition coefficient (Wildman–Crippen LogP) is 2.15. The molecule has 0 aliphatic carbocycles. The van der Waals surface area contributed by atoms with Crippen LogP contribution >= 0.6 is 0 Å². The summed E-state index contributed by atoms with van der Waals surface area (Å²) in [7, 11) is 0. The molecule has 0 aliphatic rings. The van der Waals surface area contributed by atoms with E-state index in [0.717, 1.165) is 12.8 Å². The molecule has 0 spiro atoms. The Balaban J connectivity index is 3.76. The highest BCUT2D eigenvalue weighted by molar-refractivity contribution is 5.69. The van der Waals surface area contributed by atoms with Crippen molar-refractivity contribution < 1.29 is 9.90 Å². The van der Waals surface area contributed by atoms with Crippen LogP contribution in [0.4, 0.5) is 0 Å². The van der Waals surface area contributed by atoms with E-state index in [9.17, 15) is 4.79 Å². The first-order valence-corrected chi connectivity index (χ1v) is 4.22. The van der Waals surface area contributed by atoms with Crippen molar-refractivity contribution >= 4 is 5.97 Å². The molecule has 68 valence electrons. The molecule has 2 nitrogen and oxygen atoms in total. The molecule has 0 amide bonds. The smallest absolute Gasteiger partial charge is 0.306 e. The van der Waals surface area contributed by atoms with Crippen molar-refractivity contribution in [1.29, 1.82) is 0 Å². The predicted molar refractivity (Wildman–Crippen MR) is 48.6 cm³/mol. The molecule has 2 unspecified atom stereocenters. The minimum Gasteiger partial charge on any atom is -0.481 e. The van der Waals surface area contributed by atoms with Crippen molar-refractivity contribution in [3.63, 3.8) is 0 Å². The minimum atomic E-state index is -0.716. The Morgan fingerprint density at radius 3 is 2.50 bits per heavy atom. The average Bonchev–Trinajstić information content (AvgIpc) is 2.03. The molecule has 0 aliphatic heterocycles. The van der Waals surface area contributed by atoms with E-state index in [1.807, 2.05) is 6.92 Å². The maximum atomic E-state index is 10.5. The molecular formula is C10H16O2. The third kappa shape index (κ3) is 4.02. The van der Waals surface area contributed by atoms with Crippen LogP contribution in [0.2, 0.25) is 0 Å². The van der Waals surface area contributed by atoms with Gasteiger partial charge in [0.25, 0.3) is 0 Å². The van der Waals surface area contributed by atoms with Crippen LogP contribution in [0.15, 0.2) is 0 Å². The SMILES string of the molecule is CC#CCCC(C)C(C)C(=O)O. The molecule has 0 radical (unpaired) electrons. The summed E-state index contributed by atoms with van der Waals surface area (Å²) in [5.74, 6) is 4.96. The fraction of sp³-hybridized carbons (Fsp3) is 0.700. The van der Waals surface area contributed by atoms with Gasteiger partial charge in [0.1, 0.15) is 0 Å². The lowest BCUT2D eigenvalue weighted by atomic mass is 9.92. The molecular weight excluding hydrogens is 152 g/mol. The van der Waals surface area contributed by atoms with Gasteiger partial charge in [-0.05, 0) is 19.3 Å². The first kappa shape index (κ1) is 11.0. The summed E-state index contributed by atoms with van der Waals surface area (Å²) in [5.41, 5.74) is 0. The van der Waals surface area contributed by atoms with Crippen LogP contribution in [-0.4, -0.2) is 11.1 Å². The molecule has 12 heavy (non-hydrogen) atoms. The standard InChI is InChI=1S/C10H16O2/c1-4-5-6-7-8(2)9(3)10(11)12/h8-9H,6-7H2,1-3H3,(H,11,12). The number of rotatable bonds is 4. The van der Waals surface area contributed by atoms with Gasteiger partial charge in [0.15, 0.2) is 0 Å². The Kier molecular flexibility index (Phi) is 5.19. The van der Waals surface area contributed by atoms with Gasteiger partial charge in [-0.25, -0.2) is 0 Å². The van der Waals surface area contributed by atoms with Crippen molar-refractivity contribution in [2.45, 2.75) is 33.6 Å². The monoisotopic (exact) mass is 168 g/mol. The van der Waals surface area contributed by atoms with Gasteiger partial charge in [-0.1, -0.05) is 13.8 Å². The summed E-state index contributed by atoms with van der Waals surface area (Å²) in [4.78, 5) is 10.5. The lowest BCUT2D eigenvalue weighted by Gasteiger charge is -2.13. The van der Waals surface area contributed by atoms with Gasteiger partial charge in [0.05, 0.1) is 5.92 Å². The van der Waals surface area contributed by atoms with Gasteiger partial charge in [-0.15, -0.1) is 11.8 Å². The molecule has 2 atom stereocenters. The third-order valence-corrected chi connectivity index (χ3v) is 2.14. The van der Waals surface area contributed by atoms with Gasteiger partial charge in [0.2, 0.25) is 0 Å². The lowest BCUT2D eigenvalue weighted by Crippen LogP contribution is -2.17. The summed E-state index contributed by atoms with van der Waals surface area (Å²) in [5, 5.41) is 8.67. The van der Waals surface area contributed by atoms with E-state index in [2.05, 4.69) is 11.8 Å². The van der Waals surface area contributed by atoms with Crippen LogP contribution in [-0.2, 0) is 4.79 Å². The Hall–Kier alpha value is -0.970. The molecule has 0 fully saturated rings. The van der Waals surface area contributed by atoms with Crippen molar-refractivity contribution in [2.24, 2.45) is 11.8 Å². The fourth-order valence-electron chi connectivity index (χ4n) is 0.918. The van der Waals surface area contributed by atoms with E-state index in [-0.39, 0.29) is 11.8 Å². The number of hydrogen-bond donors (Lipinski definition) is 1. The van der Waals surface area contributed by atoms with Crippen molar-refractivity contribution in [3.05, 3.63) is 0 Å². The van der Waals surface area contributed by atoms with Gasteiger partial charge in [-0.2, -0.15) is 0 Å². The highest BCUT2D eigenvalue weighted by Crippen LogP contribution is 2.16. The Labute approximate surface area is 74.0 Å². The molecule has 2 heteroatoms. The second-order valence-electron chi connectivity index (χ2n) is 3.07. The highest BCUT2D eigenvalue weighted by Gasteiger charge is 2.17. The summed E-state index contributed by atoms with van der Waals surface area (Å²) in [6.07, 6.45) is 1.67.